The molecule has 1 amide bonds. The van der Waals surface area contributed by atoms with Crippen LogP contribution in [0.25, 0.3) is 0 Å². The number of carbonyl (C=O) groups excluding carboxylic acids is 1. The van der Waals surface area contributed by atoms with Crippen LogP contribution in [-0.4, -0.2) is 26.6 Å². The molecule has 0 heterocycles. The lowest BCUT2D eigenvalue weighted by Crippen LogP contribution is -2.46. The smallest absolute Gasteiger partial charge is 0.248 e. The predicted octanol–water partition coefficient (Wildman–Crippen LogP) is 4.22. The molecule has 2 aromatic carbocycles. The molecule has 0 radical (unpaired) electrons. The van der Waals surface area contributed by atoms with Crippen LogP contribution in [0, 0.1) is 13.8 Å². The second kappa shape index (κ2) is 8.78. The Morgan fingerprint density at radius 2 is 1.64 bits per heavy atom. The number of benzene rings is 2. The monoisotopic (exact) mass is 402 g/mol. The number of sulfonamides is 1. The third-order valence-electron chi connectivity index (χ3n) is 4.94. The zero-order valence-corrected chi connectivity index (χ0v) is 18.4. The Morgan fingerprint density at radius 3 is 2.14 bits per heavy atom. The highest BCUT2D eigenvalue weighted by Gasteiger charge is 2.30. The van der Waals surface area contributed by atoms with E-state index in [0.29, 0.717) is 5.69 Å². The van der Waals surface area contributed by atoms with Crippen LogP contribution in [0.5, 0.6) is 0 Å². The third-order valence-corrected chi connectivity index (χ3v) is 6.17. The Hall–Kier alpha value is -2.34. The number of hydrogen-bond acceptors (Lipinski definition) is 3. The molecule has 0 saturated heterocycles. The summed E-state index contributed by atoms with van der Waals surface area (Å²) in [5, 5.41) is 2.99. The van der Waals surface area contributed by atoms with Crippen molar-refractivity contribution in [2.45, 2.75) is 53.5 Å². The summed E-state index contributed by atoms with van der Waals surface area (Å²) >= 11 is 0. The van der Waals surface area contributed by atoms with Crippen molar-refractivity contribution in [3.63, 3.8) is 0 Å². The lowest BCUT2D eigenvalue weighted by molar-refractivity contribution is -0.116. The molecule has 28 heavy (non-hydrogen) atoms. The summed E-state index contributed by atoms with van der Waals surface area (Å²) in [6.45, 7) is 9.44. The van der Waals surface area contributed by atoms with Gasteiger partial charge in [0.1, 0.15) is 6.04 Å². The van der Waals surface area contributed by atoms with Crippen LogP contribution in [0.15, 0.2) is 36.4 Å². The highest BCUT2D eigenvalue weighted by Crippen LogP contribution is 2.28. The standard InChI is InChI=1S/C22H30N2O3S/c1-7-18-10-9-11-19(8-2)21(18)23-22(25)17(5)24(28(6,26)27)20-14-15(3)12-13-16(20)4/h9-14,17H,7-8H2,1-6H3,(H,23,25)/t17-/m0/s1. The van der Waals surface area contributed by atoms with Crippen molar-refractivity contribution in [2.24, 2.45) is 0 Å². The number of nitrogens with zero attached hydrogens (tertiary/aromatic N) is 1. The molecule has 0 aromatic heterocycles. The number of rotatable bonds is 7. The Balaban J connectivity index is 2.45. The normalized spacial score (nSPS) is 12.5. The van der Waals surface area contributed by atoms with Crippen molar-refractivity contribution < 1.29 is 13.2 Å². The van der Waals surface area contributed by atoms with Crippen molar-refractivity contribution in [1.82, 2.24) is 0 Å². The van der Waals surface area contributed by atoms with Gasteiger partial charge in [0.15, 0.2) is 0 Å². The molecule has 2 aromatic rings. The molecule has 152 valence electrons. The summed E-state index contributed by atoms with van der Waals surface area (Å²) in [6.07, 6.45) is 2.70. The molecule has 2 rings (SSSR count). The molecule has 0 aliphatic rings. The first-order valence-electron chi connectivity index (χ1n) is 9.58. The molecule has 1 atom stereocenters. The minimum absolute atomic E-state index is 0.345. The first kappa shape index (κ1) is 22.0. The van der Waals surface area contributed by atoms with Crippen molar-refractivity contribution in [1.29, 1.82) is 0 Å². The van der Waals surface area contributed by atoms with Gasteiger partial charge in [-0.05, 0) is 61.9 Å². The van der Waals surface area contributed by atoms with Crippen LogP contribution >= 0.6 is 0 Å². The minimum atomic E-state index is -3.65. The van der Waals surface area contributed by atoms with E-state index in [-0.39, 0.29) is 5.91 Å². The molecule has 0 bridgehead atoms. The summed E-state index contributed by atoms with van der Waals surface area (Å²) in [5.41, 5.74) is 5.14. The van der Waals surface area contributed by atoms with E-state index in [1.807, 2.05) is 58.0 Å². The number of carbonyl (C=O) groups is 1. The first-order chi connectivity index (χ1) is 13.1. The van der Waals surface area contributed by atoms with Gasteiger partial charge in [-0.25, -0.2) is 8.42 Å². The molecule has 0 saturated carbocycles. The maximum absolute atomic E-state index is 13.1. The number of anilines is 2. The SMILES string of the molecule is CCc1cccc(CC)c1NC(=O)[C@H](C)N(c1cc(C)ccc1C)S(C)(=O)=O. The second-order valence-corrected chi connectivity index (χ2v) is 9.03. The zero-order chi connectivity index (χ0) is 21.1. The summed E-state index contributed by atoms with van der Waals surface area (Å²) in [7, 11) is -3.65. The third kappa shape index (κ3) is 4.73. The molecule has 0 aliphatic heterocycles. The lowest BCUT2D eigenvalue weighted by atomic mass is 10.0. The van der Waals surface area contributed by atoms with Crippen molar-refractivity contribution >= 4 is 27.3 Å². The Bertz CT molecular complexity index is 945. The fourth-order valence-corrected chi connectivity index (χ4v) is 4.59. The second-order valence-electron chi connectivity index (χ2n) is 7.17. The highest BCUT2D eigenvalue weighted by molar-refractivity contribution is 7.92. The van der Waals surface area contributed by atoms with E-state index < -0.39 is 16.1 Å². The van der Waals surface area contributed by atoms with Crippen LogP contribution in [0.3, 0.4) is 0 Å². The fourth-order valence-electron chi connectivity index (χ4n) is 3.37. The molecule has 5 nitrogen and oxygen atoms in total. The van der Waals surface area contributed by atoms with Crippen molar-refractivity contribution in [2.75, 3.05) is 15.9 Å². The van der Waals surface area contributed by atoms with Crippen LogP contribution in [-0.2, 0) is 27.7 Å². The molecule has 0 fully saturated rings. The average Bonchev–Trinajstić information content (AvgIpc) is 2.63. The van der Waals surface area contributed by atoms with Crippen molar-refractivity contribution in [3.05, 3.63) is 58.7 Å². The number of amides is 1. The van der Waals surface area contributed by atoms with Gasteiger partial charge in [0.2, 0.25) is 15.9 Å². The van der Waals surface area contributed by atoms with E-state index in [4.69, 9.17) is 0 Å². The maximum atomic E-state index is 13.1. The molecule has 0 unspecified atom stereocenters. The van der Waals surface area contributed by atoms with E-state index in [0.717, 1.165) is 47.0 Å². The molecule has 0 aliphatic carbocycles. The van der Waals surface area contributed by atoms with Gasteiger partial charge in [-0.15, -0.1) is 0 Å². The first-order valence-corrected chi connectivity index (χ1v) is 11.4. The molecule has 6 heteroatoms. The van der Waals surface area contributed by atoms with Crippen LogP contribution in [0.2, 0.25) is 0 Å². The molecular formula is C22H30N2O3S. The van der Waals surface area contributed by atoms with E-state index in [1.54, 1.807) is 13.0 Å². The van der Waals surface area contributed by atoms with Gasteiger partial charge >= 0.3 is 0 Å². The topological polar surface area (TPSA) is 66.5 Å². The zero-order valence-electron chi connectivity index (χ0n) is 17.5. The number of hydrogen-bond donors (Lipinski definition) is 1. The fraction of sp³-hybridized carbons (Fsp3) is 0.409. The van der Waals surface area contributed by atoms with Gasteiger partial charge in [0.25, 0.3) is 0 Å². The maximum Gasteiger partial charge on any atom is 0.248 e. The van der Waals surface area contributed by atoms with Gasteiger partial charge in [0.05, 0.1) is 11.9 Å². The largest absolute Gasteiger partial charge is 0.324 e. The molecule has 0 spiro atoms. The number of nitrogens with one attached hydrogen (secondary N) is 1. The summed E-state index contributed by atoms with van der Waals surface area (Å²) in [5.74, 6) is -0.345. The van der Waals surface area contributed by atoms with Gasteiger partial charge in [-0.1, -0.05) is 44.2 Å². The summed E-state index contributed by atoms with van der Waals surface area (Å²) in [6, 6.07) is 10.7. The van der Waals surface area contributed by atoms with E-state index in [1.165, 1.54) is 4.31 Å². The summed E-state index contributed by atoms with van der Waals surface area (Å²) in [4.78, 5) is 13.1. The Morgan fingerprint density at radius 1 is 1.07 bits per heavy atom. The van der Waals surface area contributed by atoms with Gasteiger partial charge in [-0.3, -0.25) is 9.10 Å². The van der Waals surface area contributed by atoms with Crippen LogP contribution < -0.4 is 9.62 Å². The Kier molecular flexibility index (Phi) is 6.88. The quantitative estimate of drug-likeness (QED) is 0.754. The molecule has 1 N–H and O–H groups in total. The van der Waals surface area contributed by atoms with E-state index in [9.17, 15) is 13.2 Å². The predicted molar refractivity (Wildman–Crippen MR) is 117 cm³/mol. The van der Waals surface area contributed by atoms with Crippen LogP contribution in [0.4, 0.5) is 11.4 Å². The Labute approximate surface area is 168 Å². The van der Waals surface area contributed by atoms with E-state index >= 15 is 0 Å². The van der Waals surface area contributed by atoms with Gasteiger partial charge in [-0.2, -0.15) is 0 Å². The minimum Gasteiger partial charge on any atom is -0.324 e. The van der Waals surface area contributed by atoms with Gasteiger partial charge in [0, 0.05) is 5.69 Å². The highest BCUT2D eigenvalue weighted by atomic mass is 32.2. The van der Waals surface area contributed by atoms with Crippen LogP contribution in [0.1, 0.15) is 43.0 Å². The average molecular weight is 403 g/mol. The number of para-hydroxylation sites is 1. The van der Waals surface area contributed by atoms with E-state index in [2.05, 4.69) is 5.32 Å². The van der Waals surface area contributed by atoms with Gasteiger partial charge < -0.3 is 5.32 Å². The molecular weight excluding hydrogens is 372 g/mol. The lowest BCUT2D eigenvalue weighted by Gasteiger charge is -2.30. The number of aryl methyl sites for hydroxylation is 4. The summed E-state index contributed by atoms with van der Waals surface area (Å²) < 4.78 is 26.4. The van der Waals surface area contributed by atoms with Crippen molar-refractivity contribution in [3.8, 4) is 0 Å².